The van der Waals surface area contributed by atoms with Crippen molar-refractivity contribution >= 4 is 34.5 Å². The van der Waals surface area contributed by atoms with E-state index in [0.717, 1.165) is 50.9 Å². The summed E-state index contributed by atoms with van der Waals surface area (Å²) in [7, 11) is 0. The van der Waals surface area contributed by atoms with Crippen molar-refractivity contribution in [3.8, 4) is 33.4 Å². The lowest BCUT2D eigenvalue weighted by atomic mass is 9.88. The van der Waals surface area contributed by atoms with Crippen LogP contribution < -0.4 is 0 Å². The molecule has 0 unspecified atom stereocenters. The summed E-state index contributed by atoms with van der Waals surface area (Å²) in [6.45, 7) is 3.99. The van der Waals surface area contributed by atoms with Gasteiger partial charge in [0.25, 0.3) is 0 Å². The molecule has 9 aromatic rings. The summed E-state index contributed by atoms with van der Waals surface area (Å²) in [5, 5.41) is 0. The van der Waals surface area contributed by atoms with Crippen molar-refractivity contribution in [3.63, 3.8) is 0 Å². The molecule has 0 bridgehead atoms. The quantitative estimate of drug-likeness (QED) is 0.0712. The lowest BCUT2D eigenvalue weighted by Crippen LogP contribution is -2.13. The Labute approximate surface area is 414 Å². The van der Waals surface area contributed by atoms with Gasteiger partial charge in [-0.25, -0.2) is 0 Å². The number of hydrogen-bond acceptors (Lipinski definition) is 5. The fourth-order valence-electron chi connectivity index (χ4n) is 8.73. The fourth-order valence-corrected chi connectivity index (χ4v) is 8.73. The van der Waals surface area contributed by atoms with Gasteiger partial charge in [0, 0.05) is 55.6 Å². The lowest BCUT2D eigenvalue weighted by molar-refractivity contribution is 0.102. The average Bonchev–Trinajstić information content (AvgIpc) is 3.45. The molecule has 0 fully saturated rings. The van der Waals surface area contributed by atoms with Gasteiger partial charge in [-0.05, 0) is 119 Å². The first kappa shape index (κ1) is 46.9. The van der Waals surface area contributed by atoms with E-state index >= 15 is 4.79 Å². The highest BCUT2D eigenvalue weighted by molar-refractivity contribution is 6.20. The molecule has 71 heavy (non-hydrogen) atoms. The normalized spacial score (nSPS) is 11.3. The molecule has 0 radical (unpaired) electrons. The number of carbonyl (C=O) groups is 5. The number of rotatable bonds is 16. The highest BCUT2D eigenvalue weighted by atomic mass is 16.1. The van der Waals surface area contributed by atoms with E-state index in [1.807, 2.05) is 146 Å². The van der Waals surface area contributed by atoms with Crippen LogP contribution >= 0.6 is 0 Å². The Kier molecular flexibility index (Phi) is 14.1. The average molecular weight is 921 g/mol. The Hall–Kier alpha value is -9.19. The summed E-state index contributed by atoms with van der Waals surface area (Å²) in [4.78, 5) is 73.9. The predicted octanol–water partition coefficient (Wildman–Crippen LogP) is 15.2. The van der Waals surface area contributed by atoms with E-state index in [9.17, 15) is 19.2 Å². The van der Waals surface area contributed by atoms with Gasteiger partial charge in [-0.2, -0.15) is 0 Å². The minimum Gasteiger partial charge on any atom is -0.289 e. The van der Waals surface area contributed by atoms with Gasteiger partial charge < -0.3 is 0 Å². The van der Waals surface area contributed by atoms with E-state index in [-0.39, 0.29) is 39.2 Å². The van der Waals surface area contributed by atoms with Gasteiger partial charge in [-0.3, -0.25) is 24.0 Å². The highest BCUT2D eigenvalue weighted by Gasteiger charge is 2.24. The SMILES string of the molecule is C/C=C(\C=C/CC)c1cccc(C(=O)c2cc(C(=O)c3cc(C(=O)c4cccc(-c5ccccc5)c4)cc(C(=O)c4cccc(-c5ccccc5)c4)c3)cc(C(=O)c3cccc(-c4ccccc4)c3)c2)c1. The van der Waals surface area contributed by atoms with Crippen LogP contribution in [0.1, 0.15) is 105 Å². The van der Waals surface area contributed by atoms with Crippen molar-refractivity contribution in [2.75, 3.05) is 0 Å². The second-order valence-corrected chi connectivity index (χ2v) is 17.2. The van der Waals surface area contributed by atoms with Gasteiger partial charge in [0.05, 0.1) is 0 Å². The monoisotopic (exact) mass is 920 g/mol. The molecule has 0 aromatic heterocycles. The molecule has 0 heterocycles. The van der Waals surface area contributed by atoms with E-state index < -0.39 is 23.1 Å². The molecule has 0 N–H and O–H groups in total. The Bertz CT molecular complexity index is 3430. The number of ketones is 5. The van der Waals surface area contributed by atoms with Gasteiger partial charge in [0.2, 0.25) is 0 Å². The van der Waals surface area contributed by atoms with Crippen LogP contribution in [0.15, 0.2) is 243 Å². The summed E-state index contributed by atoms with van der Waals surface area (Å²) in [5.41, 5.74) is 9.09. The van der Waals surface area contributed by atoms with E-state index in [0.29, 0.717) is 22.3 Å². The third kappa shape index (κ3) is 10.6. The third-order valence-corrected chi connectivity index (χ3v) is 12.4. The standard InChI is InChI=1S/C66H48O5/c1-3-5-19-44(4-2)48-26-15-30-52(34-48)62(67)56-38-57(63(68)53-31-16-27-49(35-53)45-20-9-6-10-21-45)41-60(40-56)66(71)61-42-58(64(69)54-32-17-28-50(36-54)46-22-11-7-12-23-46)39-59(43-61)65(70)55-33-18-29-51(37-55)47-24-13-8-14-25-47/h4-43H,3H2,1-2H3/b19-5-,44-4+. The summed E-state index contributed by atoms with van der Waals surface area (Å²) in [6, 6.07) is 67.1. The maximum Gasteiger partial charge on any atom is 0.193 e. The third-order valence-electron chi connectivity index (χ3n) is 12.4. The predicted molar refractivity (Wildman–Crippen MR) is 285 cm³/mol. The van der Waals surface area contributed by atoms with E-state index in [1.54, 1.807) is 60.7 Å². The molecule has 0 atom stereocenters. The topological polar surface area (TPSA) is 85.3 Å². The van der Waals surface area contributed by atoms with Crippen LogP contribution in [0.2, 0.25) is 0 Å². The zero-order chi connectivity index (χ0) is 49.3. The van der Waals surface area contributed by atoms with Crippen LogP contribution in [0.4, 0.5) is 0 Å². The van der Waals surface area contributed by atoms with Gasteiger partial charge in [-0.15, -0.1) is 0 Å². The Morgan fingerprint density at radius 3 is 0.859 bits per heavy atom. The van der Waals surface area contributed by atoms with Crippen molar-refractivity contribution in [1.82, 2.24) is 0 Å². The van der Waals surface area contributed by atoms with Crippen LogP contribution in [0.5, 0.6) is 0 Å². The lowest BCUT2D eigenvalue weighted by Gasteiger charge is -2.13. The fraction of sp³-hybridized carbons (Fsp3) is 0.0455. The summed E-state index contributed by atoms with van der Waals surface area (Å²) in [5.74, 6) is -2.15. The van der Waals surface area contributed by atoms with Gasteiger partial charge >= 0.3 is 0 Å². The van der Waals surface area contributed by atoms with Crippen molar-refractivity contribution in [1.29, 1.82) is 0 Å². The van der Waals surface area contributed by atoms with Crippen molar-refractivity contribution < 1.29 is 24.0 Å². The molecule has 5 heteroatoms. The first-order chi connectivity index (χ1) is 34.7. The van der Waals surface area contributed by atoms with Crippen molar-refractivity contribution in [3.05, 3.63) is 304 Å². The molecule has 0 aliphatic heterocycles. The number of allylic oxidation sites excluding steroid dienone is 4. The number of carbonyl (C=O) groups excluding carboxylic acids is 5. The molecule has 9 aromatic carbocycles. The first-order valence-corrected chi connectivity index (χ1v) is 23.6. The Morgan fingerprint density at radius 2 is 0.549 bits per heavy atom. The molecule has 0 spiro atoms. The maximum absolute atomic E-state index is 15.2. The number of hydrogen-bond donors (Lipinski definition) is 0. The molecule has 342 valence electrons. The zero-order valence-corrected chi connectivity index (χ0v) is 39.3. The van der Waals surface area contributed by atoms with Gasteiger partial charge in [0.15, 0.2) is 28.9 Å². The number of benzene rings is 9. The van der Waals surface area contributed by atoms with Crippen LogP contribution in [0.3, 0.4) is 0 Å². The summed E-state index contributed by atoms with van der Waals surface area (Å²) >= 11 is 0. The van der Waals surface area contributed by atoms with E-state index in [4.69, 9.17) is 0 Å². The first-order valence-electron chi connectivity index (χ1n) is 23.6. The summed E-state index contributed by atoms with van der Waals surface area (Å²) in [6.07, 6.45) is 6.89. The smallest absolute Gasteiger partial charge is 0.193 e. The molecule has 0 saturated carbocycles. The minimum absolute atomic E-state index is 0.0362. The molecule has 0 aliphatic carbocycles. The molecule has 9 rings (SSSR count). The molecular weight excluding hydrogens is 873 g/mol. The van der Waals surface area contributed by atoms with E-state index in [2.05, 4.69) is 13.0 Å². The molecular formula is C66H48O5. The summed E-state index contributed by atoms with van der Waals surface area (Å²) < 4.78 is 0. The highest BCUT2D eigenvalue weighted by Crippen LogP contribution is 2.29. The molecule has 0 saturated heterocycles. The molecule has 5 nitrogen and oxygen atoms in total. The van der Waals surface area contributed by atoms with Crippen molar-refractivity contribution in [2.45, 2.75) is 20.3 Å². The maximum atomic E-state index is 15.2. The second-order valence-electron chi connectivity index (χ2n) is 17.2. The van der Waals surface area contributed by atoms with Crippen LogP contribution in [0.25, 0.3) is 39.0 Å². The molecule has 0 amide bonds. The van der Waals surface area contributed by atoms with Crippen LogP contribution in [0, 0.1) is 0 Å². The minimum atomic E-state index is -0.582. The Balaban J connectivity index is 1.17. The van der Waals surface area contributed by atoms with Crippen LogP contribution in [-0.4, -0.2) is 28.9 Å². The van der Waals surface area contributed by atoms with Gasteiger partial charge in [0.1, 0.15) is 0 Å². The van der Waals surface area contributed by atoms with Gasteiger partial charge in [-0.1, -0.05) is 189 Å². The van der Waals surface area contributed by atoms with Crippen molar-refractivity contribution in [2.24, 2.45) is 0 Å². The second kappa shape index (κ2) is 21.4. The molecule has 0 aliphatic rings. The Morgan fingerprint density at radius 1 is 0.296 bits per heavy atom. The largest absolute Gasteiger partial charge is 0.289 e. The zero-order valence-electron chi connectivity index (χ0n) is 39.3. The van der Waals surface area contributed by atoms with Crippen LogP contribution in [-0.2, 0) is 0 Å². The van der Waals surface area contributed by atoms with E-state index in [1.165, 1.54) is 36.4 Å².